The van der Waals surface area contributed by atoms with E-state index in [1.54, 1.807) is 6.20 Å². The van der Waals surface area contributed by atoms with Gasteiger partial charge in [0.15, 0.2) is 5.15 Å². The van der Waals surface area contributed by atoms with Crippen LogP contribution in [0.2, 0.25) is 5.15 Å². The number of aromatic amines is 1. The molecule has 5 heterocycles. The Labute approximate surface area is 187 Å². The summed E-state index contributed by atoms with van der Waals surface area (Å²) in [6.45, 7) is 0.580. The molecule has 9 nitrogen and oxygen atoms in total. The van der Waals surface area contributed by atoms with E-state index in [1.165, 1.54) is 30.7 Å². The Balaban J connectivity index is 1.45. The van der Waals surface area contributed by atoms with Gasteiger partial charge in [-0.05, 0) is 18.6 Å². The van der Waals surface area contributed by atoms with E-state index in [4.69, 9.17) is 16.3 Å². The monoisotopic (exact) mass is 448 g/mol. The number of Topliss-reactive ketones (excluding diaryl/α,β-unsaturated/α-hetero) is 1. The number of H-pyrrole nitrogens is 1. The van der Waals surface area contributed by atoms with Gasteiger partial charge in [-0.2, -0.15) is 0 Å². The van der Waals surface area contributed by atoms with Crippen molar-refractivity contribution < 1.29 is 14.3 Å². The molecule has 0 saturated heterocycles. The van der Waals surface area contributed by atoms with Crippen molar-refractivity contribution >= 4 is 34.2 Å². The van der Waals surface area contributed by atoms with Crippen molar-refractivity contribution in [1.82, 2.24) is 29.8 Å². The summed E-state index contributed by atoms with van der Waals surface area (Å²) >= 11 is 6.13. The van der Waals surface area contributed by atoms with Crippen LogP contribution in [-0.2, 0) is 17.8 Å². The van der Waals surface area contributed by atoms with Crippen LogP contribution in [0, 0.1) is 0 Å². The molecule has 0 radical (unpaired) electrons. The molecular formula is C22H17ClN6O3. The molecule has 0 saturated carbocycles. The summed E-state index contributed by atoms with van der Waals surface area (Å²) < 4.78 is 5.32. The Morgan fingerprint density at radius 3 is 2.84 bits per heavy atom. The maximum Gasteiger partial charge on any atom is 0.295 e. The molecule has 0 fully saturated rings. The summed E-state index contributed by atoms with van der Waals surface area (Å²) in [5.74, 6) is -0.914. The van der Waals surface area contributed by atoms with Crippen LogP contribution in [0.4, 0.5) is 0 Å². The number of methoxy groups -OCH3 is 1. The van der Waals surface area contributed by atoms with Crippen molar-refractivity contribution in [3.63, 3.8) is 0 Å². The van der Waals surface area contributed by atoms with E-state index in [0.717, 1.165) is 17.0 Å². The maximum atomic E-state index is 13.1. The minimum atomic E-state index is -0.653. The Morgan fingerprint density at radius 1 is 1.19 bits per heavy atom. The molecular weight excluding hydrogens is 432 g/mol. The molecule has 0 aromatic carbocycles. The zero-order chi connectivity index (χ0) is 22.2. The molecule has 10 heteroatoms. The summed E-state index contributed by atoms with van der Waals surface area (Å²) in [6.07, 6.45) is 6.57. The molecule has 0 atom stereocenters. The summed E-state index contributed by atoms with van der Waals surface area (Å²) in [5, 5.41) is 0.626. The molecule has 160 valence electrons. The van der Waals surface area contributed by atoms with E-state index >= 15 is 0 Å². The number of hydrogen-bond donors (Lipinski definition) is 1. The van der Waals surface area contributed by atoms with Gasteiger partial charge in [0, 0.05) is 24.5 Å². The van der Waals surface area contributed by atoms with Crippen molar-refractivity contribution in [2.75, 3.05) is 13.7 Å². The summed E-state index contributed by atoms with van der Waals surface area (Å²) in [7, 11) is 1.47. The second-order valence-corrected chi connectivity index (χ2v) is 7.60. The molecule has 4 aromatic rings. The number of ketones is 1. The van der Waals surface area contributed by atoms with Gasteiger partial charge in [0.2, 0.25) is 0 Å². The number of nitrogens with zero attached hydrogens (tertiary/aromatic N) is 5. The van der Waals surface area contributed by atoms with Crippen LogP contribution in [0.1, 0.15) is 21.6 Å². The Hall–Kier alpha value is -3.85. The van der Waals surface area contributed by atoms with E-state index in [2.05, 4.69) is 24.9 Å². The average molecular weight is 449 g/mol. The third-order valence-corrected chi connectivity index (χ3v) is 5.78. The second kappa shape index (κ2) is 8.01. The van der Waals surface area contributed by atoms with E-state index in [0.29, 0.717) is 35.3 Å². The topological polar surface area (TPSA) is 114 Å². The van der Waals surface area contributed by atoms with Crippen LogP contribution in [-0.4, -0.2) is 55.2 Å². The summed E-state index contributed by atoms with van der Waals surface area (Å²) in [5.41, 5.74) is 3.77. The Bertz CT molecular complexity index is 1350. The highest BCUT2D eigenvalue weighted by atomic mass is 35.5. The number of amides is 1. The number of carbonyl (C=O) groups is 2. The lowest BCUT2D eigenvalue weighted by Gasteiger charge is -2.28. The van der Waals surface area contributed by atoms with Crippen molar-refractivity contribution in [2.24, 2.45) is 0 Å². The molecule has 1 aliphatic heterocycles. The lowest BCUT2D eigenvalue weighted by Crippen LogP contribution is -2.40. The van der Waals surface area contributed by atoms with Crippen LogP contribution in [0.5, 0.6) is 5.75 Å². The highest BCUT2D eigenvalue weighted by molar-refractivity contribution is 6.45. The summed E-state index contributed by atoms with van der Waals surface area (Å²) in [6, 6.07) is 5.62. The number of hydrogen-bond acceptors (Lipinski definition) is 7. The number of nitrogens with one attached hydrogen (secondary N) is 1. The molecule has 1 amide bonds. The molecule has 1 aliphatic rings. The normalized spacial score (nSPS) is 13.1. The zero-order valence-corrected chi connectivity index (χ0v) is 17.8. The summed E-state index contributed by atoms with van der Waals surface area (Å²) in [4.78, 5) is 47.8. The van der Waals surface area contributed by atoms with Gasteiger partial charge in [-0.15, -0.1) is 0 Å². The van der Waals surface area contributed by atoms with E-state index in [1.807, 2.05) is 18.2 Å². The first-order chi connectivity index (χ1) is 15.6. The van der Waals surface area contributed by atoms with Crippen LogP contribution in [0.3, 0.4) is 0 Å². The third kappa shape index (κ3) is 3.27. The van der Waals surface area contributed by atoms with Gasteiger partial charge in [-0.25, -0.2) is 15.0 Å². The van der Waals surface area contributed by atoms with E-state index in [9.17, 15) is 9.59 Å². The maximum absolute atomic E-state index is 13.1. The van der Waals surface area contributed by atoms with Gasteiger partial charge < -0.3 is 14.6 Å². The van der Waals surface area contributed by atoms with Crippen molar-refractivity contribution in [3.05, 3.63) is 65.1 Å². The largest absolute Gasteiger partial charge is 0.494 e. The van der Waals surface area contributed by atoms with Gasteiger partial charge in [-0.3, -0.25) is 14.6 Å². The number of halogens is 1. The smallest absolute Gasteiger partial charge is 0.295 e. The molecule has 0 bridgehead atoms. The number of ether oxygens (including phenoxy) is 1. The Morgan fingerprint density at radius 2 is 2.06 bits per heavy atom. The molecule has 4 aromatic heterocycles. The van der Waals surface area contributed by atoms with Crippen molar-refractivity contribution in [3.8, 4) is 17.1 Å². The van der Waals surface area contributed by atoms with Crippen LogP contribution in [0.15, 0.2) is 43.1 Å². The number of fused-ring (bicyclic) bond motifs is 2. The molecule has 0 aliphatic carbocycles. The van der Waals surface area contributed by atoms with Crippen molar-refractivity contribution in [2.45, 2.75) is 13.0 Å². The quantitative estimate of drug-likeness (QED) is 0.290. The molecule has 5 rings (SSSR count). The number of carbonyl (C=O) groups excluding carboxylic acids is 2. The number of aromatic nitrogens is 5. The SMILES string of the molecule is COc1cnc(Cl)c2[nH]cc(C(=O)C(=O)N3CCc4c(ncnc4-c4ccccn4)C3)c12. The van der Waals surface area contributed by atoms with Crippen LogP contribution < -0.4 is 4.74 Å². The first kappa shape index (κ1) is 20.1. The lowest BCUT2D eigenvalue weighted by molar-refractivity contribution is -0.127. The zero-order valence-electron chi connectivity index (χ0n) is 17.0. The minimum Gasteiger partial charge on any atom is -0.494 e. The van der Waals surface area contributed by atoms with Gasteiger partial charge in [0.1, 0.15) is 12.1 Å². The van der Waals surface area contributed by atoms with E-state index < -0.39 is 11.7 Å². The molecule has 1 N–H and O–H groups in total. The fraction of sp³-hybridized carbons (Fsp3) is 0.182. The Kier molecular flexibility index (Phi) is 5.02. The third-order valence-electron chi connectivity index (χ3n) is 5.49. The highest BCUT2D eigenvalue weighted by Crippen LogP contribution is 2.33. The van der Waals surface area contributed by atoms with Gasteiger partial charge in [-0.1, -0.05) is 17.7 Å². The van der Waals surface area contributed by atoms with Crippen LogP contribution >= 0.6 is 11.6 Å². The molecule has 32 heavy (non-hydrogen) atoms. The first-order valence-electron chi connectivity index (χ1n) is 9.85. The highest BCUT2D eigenvalue weighted by Gasteiger charge is 2.31. The molecule has 0 unspecified atom stereocenters. The van der Waals surface area contributed by atoms with E-state index in [-0.39, 0.29) is 17.3 Å². The van der Waals surface area contributed by atoms with Crippen LogP contribution in [0.25, 0.3) is 22.3 Å². The predicted molar refractivity (Wildman–Crippen MR) is 116 cm³/mol. The standard InChI is InChI=1S/C22H17ClN6O3/c1-32-16-9-26-21(23)19-17(16)13(8-25-19)20(30)22(31)29-7-5-12-15(10-29)27-11-28-18(12)14-4-2-3-6-24-14/h2-4,6,8-9,11,25H,5,7,10H2,1H3. The number of rotatable bonds is 4. The average Bonchev–Trinajstić information content (AvgIpc) is 3.29. The lowest BCUT2D eigenvalue weighted by atomic mass is 10.00. The fourth-order valence-electron chi connectivity index (χ4n) is 3.93. The molecule has 0 spiro atoms. The fourth-order valence-corrected chi connectivity index (χ4v) is 4.13. The number of pyridine rings is 2. The van der Waals surface area contributed by atoms with Gasteiger partial charge >= 0.3 is 0 Å². The first-order valence-corrected chi connectivity index (χ1v) is 10.2. The van der Waals surface area contributed by atoms with Gasteiger partial charge in [0.05, 0.1) is 53.4 Å². The van der Waals surface area contributed by atoms with Gasteiger partial charge in [0.25, 0.3) is 11.7 Å². The van der Waals surface area contributed by atoms with Crippen molar-refractivity contribution in [1.29, 1.82) is 0 Å². The second-order valence-electron chi connectivity index (χ2n) is 7.24. The minimum absolute atomic E-state index is 0.189. The predicted octanol–water partition coefficient (Wildman–Crippen LogP) is 2.84.